The lowest BCUT2D eigenvalue weighted by Crippen LogP contribution is -2.25. The Labute approximate surface area is 156 Å². The molecule has 0 saturated heterocycles. The highest BCUT2D eigenvalue weighted by atomic mass is 14.4. The van der Waals surface area contributed by atoms with Crippen molar-refractivity contribution in [3.05, 3.63) is 35.4 Å². The summed E-state index contributed by atoms with van der Waals surface area (Å²) in [5.74, 6) is 4.01. The number of rotatable bonds is 7. The molecule has 0 spiro atoms. The molecule has 0 aromatic heterocycles. The zero-order valence-corrected chi connectivity index (χ0v) is 16.8. The molecule has 0 radical (unpaired) electrons. The van der Waals surface area contributed by atoms with Gasteiger partial charge in [0.25, 0.3) is 0 Å². The Hall–Kier alpha value is -0.780. The van der Waals surface area contributed by atoms with Gasteiger partial charge in [0.1, 0.15) is 0 Å². The minimum Gasteiger partial charge on any atom is -0.0654 e. The van der Waals surface area contributed by atoms with Gasteiger partial charge in [0.05, 0.1) is 0 Å². The fourth-order valence-corrected chi connectivity index (χ4v) is 5.61. The van der Waals surface area contributed by atoms with Crippen LogP contribution in [0, 0.1) is 17.8 Å². The van der Waals surface area contributed by atoms with E-state index >= 15 is 0 Å². The maximum Gasteiger partial charge on any atom is -0.0162 e. The molecule has 2 aliphatic carbocycles. The van der Waals surface area contributed by atoms with E-state index in [4.69, 9.17) is 0 Å². The molecule has 1 aromatic carbocycles. The molecule has 0 heterocycles. The SMILES string of the molecule is CCCC[C@H]1CC[C@H]([C@H]2CC[C@H](c3ccc(CCC)cc3)CC2)CC1. The van der Waals surface area contributed by atoms with Crippen LogP contribution < -0.4 is 0 Å². The van der Waals surface area contributed by atoms with Crippen LogP contribution >= 0.6 is 0 Å². The van der Waals surface area contributed by atoms with E-state index in [0.29, 0.717) is 0 Å². The fraction of sp³-hybridized carbons (Fsp3) is 0.760. The first-order valence-electron chi connectivity index (χ1n) is 11.4. The Morgan fingerprint density at radius 1 is 0.720 bits per heavy atom. The topological polar surface area (TPSA) is 0 Å². The molecule has 2 saturated carbocycles. The van der Waals surface area contributed by atoms with Crippen LogP contribution in [0.4, 0.5) is 0 Å². The van der Waals surface area contributed by atoms with E-state index in [2.05, 4.69) is 38.1 Å². The second-order valence-electron chi connectivity index (χ2n) is 9.03. The standard InChI is InChI=1S/C25H40/c1-3-5-7-21-10-14-23(15-11-21)25-18-16-24(17-19-25)22-12-8-20(6-4-2)9-13-22/h8-9,12-13,21,23-25H,3-7,10-11,14-19H2,1-2H3/t21-,23-,24-,25-. The highest BCUT2D eigenvalue weighted by molar-refractivity contribution is 5.26. The molecule has 0 N–H and O–H groups in total. The predicted octanol–water partition coefficient (Wildman–Crippen LogP) is 7.91. The van der Waals surface area contributed by atoms with Crippen molar-refractivity contribution >= 4 is 0 Å². The summed E-state index contributed by atoms with van der Waals surface area (Å²) in [4.78, 5) is 0. The van der Waals surface area contributed by atoms with Crippen LogP contribution in [-0.4, -0.2) is 0 Å². The third-order valence-corrected chi connectivity index (χ3v) is 7.29. The molecular formula is C25H40. The first kappa shape index (κ1) is 19.0. The van der Waals surface area contributed by atoms with E-state index in [9.17, 15) is 0 Å². The van der Waals surface area contributed by atoms with Crippen LogP contribution in [0.5, 0.6) is 0 Å². The van der Waals surface area contributed by atoms with Crippen LogP contribution in [0.25, 0.3) is 0 Å². The van der Waals surface area contributed by atoms with Crippen LogP contribution in [0.3, 0.4) is 0 Å². The van der Waals surface area contributed by atoms with Gasteiger partial charge < -0.3 is 0 Å². The summed E-state index contributed by atoms with van der Waals surface area (Å²) in [5, 5.41) is 0. The average molecular weight is 341 g/mol. The first-order chi connectivity index (χ1) is 12.3. The Morgan fingerprint density at radius 3 is 1.88 bits per heavy atom. The molecule has 0 unspecified atom stereocenters. The number of hydrogen-bond donors (Lipinski definition) is 0. The lowest BCUT2D eigenvalue weighted by Gasteiger charge is -2.38. The zero-order valence-electron chi connectivity index (χ0n) is 16.8. The van der Waals surface area contributed by atoms with E-state index in [1.807, 2.05) is 0 Å². The molecule has 0 atom stereocenters. The van der Waals surface area contributed by atoms with Crippen LogP contribution in [0.1, 0.15) is 108 Å². The Bertz CT molecular complexity index is 469. The largest absolute Gasteiger partial charge is 0.0654 e. The van der Waals surface area contributed by atoms with Gasteiger partial charge in [-0.1, -0.05) is 76.6 Å². The molecule has 0 heteroatoms. The third kappa shape index (κ3) is 5.35. The molecule has 140 valence electrons. The zero-order chi connectivity index (χ0) is 17.5. The van der Waals surface area contributed by atoms with Gasteiger partial charge in [0.2, 0.25) is 0 Å². The lowest BCUT2D eigenvalue weighted by molar-refractivity contribution is 0.156. The molecule has 3 rings (SSSR count). The maximum atomic E-state index is 2.43. The predicted molar refractivity (Wildman–Crippen MR) is 110 cm³/mol. The van der Waals surface area contributed by atoms with Crippen molar-refractivity contribution in [2.45, 2.75) is 103 Å². The summed E-state index contributed by atoms with van der Waals surface area (Å²) in [6.07, 6.45) is 18.8. The quantitative estimate of drug-likeness (QED) is 0.473. The molecule has 1 aromatic rings. The summed E-state index contributed by atoms with van der Waals surface area (Å²) >= 11 is 0. The van der Waals surface area contributed by atoms with Gasteiger partial charge in [0.15, 0.2) is 0 Å². The molecule has 0 amide bonds. The molecular weight excluding hydrogens is 300 g/mol. The van der Waals surface area contributed by atoms with Crippen molar-refractivity contribution in [2.24, 2.45) is 17.8 Å². The average Bonchev–Trinajstić information content (AvgIpc) is 2.68. The van der Waals surface area contributed by atoms with Gasteiger partial charge >= 0.3 is 0 Å². The summed E-state index contributed by atoms with van der Waals surface area (Å²) < 4.78 is 0. The monoisotopic (exact) mass is 340 g/mol. The Morgan fingerprint density at radius 2 is 1.32 bits per heavy atom. The van der Waals surface area contributed by atoms with E-state index < -0.39 is 0 Å². The highest BCUT2D eigenvalue weighted by Crippen LogP contribution is 2.44. The molecule has 25 heavy (non-hydrogen) atoms. The number of aryl methyl sites for hydroxylation is 1. The summed E-state index contributed by atoms with van der Waals surface area (Å²) in [6.45, 7) is 4.61. The minimum absolute atomic E-state index is 0.841. The van der Waals surface area contributed by atoms with Gasteiger partial charge in [0, 0.05) is 0 Å². The Balaban J connectivity index is 1.43. The summed E-state index contributed by atoms with van der Waals surface area (Å²) in [6, 6.07) is 9.61. The number of hydrogen-bond acceptors (Lipinski definition) is 0. The van der Waals surface area contributed by atoms with Crippen molar-refractivity contribution in [1.82, 2.24) is 0 Å². The maximum absolute atomic E-state index is 2.43. The van der Waals surface area contributed by atoms with Crippen molar-refractivity contribution in [2.75, 3.05) is 0 Å². The summed E-state index contributed by atoms with van der Waals surface area (Å²) in [7, 11) is 0. The third-order valence-electron chi connectivity index (χ3n) is 7.29. The van der Waals surface area contributed by atoms with E-state index in [0.717, 1.165) is 23.7 Å². The van der Waals surface area contributed by atoms with Gasteiger partial charge in [-0.2, -0.15) is 0 Å². The van der Waals surface area contributed by atoms with Crippen molar-refractivity contribution in [3.63, 3.8) is 0 Å². The highest BCUT2D eigenvalue weighted by Gasteiger charge is 2.31. The van der Waals surface area contributed by atoms with Crippen molar-refractivity contribution in [1.29, 1.82) is 0 Å². The second-order valence-corrected chi connectivity index (χ2v) is 9.03. The smallest absolute Gasteiger partial charge is 0.0162 e. The van der Waals surface area contributed by atoms with Gasteiger partial charge in [-0.3, -0.25) is 0 Å². The Kier molecular flexibility index (Phi) is 7.44. The van der Waals surface area contributed by atoms with Crippen LogP contribution in [0.15, 0.2) is 24.3 Å². The minimum atomic E-state index is 0.841. The normalized spacial score (nSPS) is 30.3. The van der Waals surface area contributed by atoms with E-state index in [1.54, 1.807) is 5.56 Å². The summed E-state index contributed by atoms with van der Waals surface area (Å²) in [5.41, 5.74) is 3.13. The molecule has 2 aliphatic rings. The van der Waals surface area contributed by atoms with E-state index in [-0.39, 0.29) is 0 Å². The molecule has 0 nitrogen and oxygen atoms in total. The van der Waals surface area contributed by atoms with Crippen molar-refractivity contribution < 1.29 is 0 Å². The van der Waals surface area contributed by atoms with Gasteiger partial charge in [-0.25, -0.2) is 0 Å². The van der Waals surface area contributed by atoms with Crippen molar-refractivity contribution in [3.8, 4) is 0 Å². The second kappa shape index (κ2) is 9.79. The van der Waals surface area contributed by atoms with E-state index in [1.165, 1.54) is 89.0 Å². The molecule has 0 aliphatic heterocycles. The van der Waals surface area contributed by atoms with Gasteiger partial charge in [-0.15, -0.1) is 0 Å². The van der Waals surface area contributed by atoms with Crippen LogP contribution in [0.2, 0.25) is 0 Å². The van der Waals surface area contributed by atoms with Gasteiger partial charge in [-0.05, 0) is 79.7 Å². The molecule has 2 fully saturated rings. The molecule has 0 bridgehead atoms. The lowest BCUT2D eigenvalue weighted by atomic mass is 9.68. The fourth-order valence-electron chi connectivity index (χ4n) is 5.61. The number of benzene rings is 1. The van der Waals surface area contributed by atoms with Crippen LogP contribution in [-0.2, 0) is 6.42 Å². The number of unbranched alkanes of at least 4 members (excludes halogenated alkanes) is 1. The first-order valence-corrected chi connectivity index (χ1v) is 11.4.